The topological polar surface area (TPSA) is 54.6 Å². The van der Waals surface area contributed by atoms with Crippen molar-refractivity contribution in [2.24, 2.45) is 12.0 Å². The number of rotatable bonds is 4. The largest absolute Gasteiger partial charge is 0.493 e. The van der Waals surface area contributed by atoms with Gasteiger partial charge in [0.05, 0.1) is 4.91 Å². The zero-order valence-corrected chi connectivity index (χ0v) is 14.5. The van der Waals surface area contributed by atoms with Crippen LogP contribution in [0.4, 0.5) is 0 Å². The predicted molar refractivity (Wildman–Crippen MR) is 96.1 cm³/mol. The van der Waals surface area contributed by atoms with E-state index in [9.17, 15) is 9.90 Å². The van der Waals surface area contributed by atoms with Gasteiger partial charge >= 0.3 is 0 Å². The van der Waals surface area contributed by atoms with Crippen LogP contribution in [0.2, 0.25) is 0 Å². The van der Waals surface area contributed by atoms with Crippen LogP contribution >= 0.6 is 35.3 Å². The van der Waals surface area contributed by atoms with E-state index in [0.29, 0.717) is 18.8 Å². The van der Waals surface area contributed by atoms with Crippen LogP contribution < -0.4 is 0 Å². The molecule has 0 saturated heterocycles. The fraction of sp³-hybridized carbons (Fsp3) is 0.133. The number of hydrogen-bond donors (Lipinski definition) is 1. The molecular formula is C15H14N2O2S3. The summed E-state index contributed by atoms with van der Waals surface area (Å²) in [7, 11) is 1.67. The quantitative estimate of drug-likeness (QED) is 0.504. The lowest BCUT2D eigenvalue weighted by atomic mass is 10.2. The van der Waals surface area contributed by atoms with Crippen molar-refractivity contribution in [3.63, 3.8) is 0 Å². The highest BCUT2D eigenvalue weighted by molar-refractivity contribution is 8.19. The van der Waals surface area contributed by atoms with Gasteiger partial charge in [-0.25, -0.2) is 0 Å². The van der Waals surface area contributed by atoms with Crippen LogP contribution in [0.3, 0.4) is 0 Å². The molecule has 1 aromatic rings. The minimum atomic E-state index is -0.310. The Bertz CT molecular complexity index is 807. The number of aromatic hydroxyl groups is 1. The van der Waals surface area contributed by atoms with Gasteiger partial charge in [-0.3, -0.25) is 9.36 Å². The fourth-order valence-corrected chi connectivity index (χ4v) is 3.66. The van der Waals surface area contributed by atoms with Crippen LogP contribution in [-0.4, -0.2) is 20.6 Å². The highest BCUT2D eigenvalue weighted by Crippen LogP contribution is 2.36. The minimum absolute atomic E-state index is 0.0374. The Kier molecular flexibility index (Phi) is 5.33. The molecular weight excluding hydrogens is 336 g/mol. The summed E-state index contributed by atoms with van der Waals surface area (Å²) < 4.78 is 2.03. The summed E-state index contributed by atoms with van der Waals surface area (Å²) in [5, 5.41) is 10.5. The number of aliphatic imine (C=N–C) groups is 1. The fourth-order valence-electron chi connectivity index (χ4n) is 1.52. The predicted octanol–water partition coefficient (Wildman–Crippen LogP) is 4.11. The Balaban J connectivity index is 2.19. The zero-order valence-electron chi connectivity index (χ0n) is 12.1. The summed E-state index contributed by atoms with van der Waals surface area (Å²) in [5.74, 6) is -0.272. The third-order valence-electron chi connectivity index (χ3n) is 2.84. The number of carbonyl (C=O) groups excluding carboxylic acids is 1. The number of thiazole rings is 1. The second-order valence-corrected chi connectivity index (χ2v) is 7.11. The summed E-state index contributed by atoms with van der Waals surface area (Å²) in [5.41, 5.74) is 1.03. The Morgan fingerprint density at radius 1 is 1.45 bits per heavy atom. The molecule has 0 atom stereocenters. The first-order valence-electron chi connectivity index (χ1n) is 6.31. The molecule has 0 aromatic carbocycles. The van der Waals surface area contributed by atoms with Crippen molar-refractivity contribution >= 4 is 46.3 Å². The van der Waals surface area contributed by atoms with E-state index in [0.717, 1.165) is 5.57 Å². The molecule has 0 bridgehead atoms. The molecule has 114 valence electrons. The SMILES string of the molecule is C=C\C(C)=C/C=C/C=C1\SC(c2sc(=S)n(C)c2O)=NC1=O. The number of aromatic nitrogens is 1. The Morgan fingerprint density at radius 3 is 2.77 bits per heavy atom. The average Bonchev–Trinajstić information content (AvgIpc) is 2.98. The highest BCUT2D eigenvalue weighted by atomic mass is 32.2. The van der Waals surface area contributed by atoms with Gasteiger partial charge in [-0.05, 0) is 25.2 Å². The second-order valence-electron chi connectivity index (χ2n) is 4.43. The first-order chi connectivity index (χ1) is 10.4. The smallest absolute Gasteiger partial charge is 0.284 e. The van der Waals surface area contributed by atoms with E-state index in [2.05, 4.69) is 11.6 Å². The number of amides is 1. The Labute approximate surface area is 141 Å². The van der Waals surface area contributed by atoms with Crippen LogP contribution in [0.25, 0.3) is 0 Å². The van der Waals surface area contributed by atoms with E-state index >= 15 is 0 Å². The molecule has 1 aromatic heterocycles. The third-order valence-corrected chi connectivity index (χ3v) is 5.54. The monoisotopic (exact) mass is 350 g/mol. The van der Waals surface area contributed by atoms with Gasteiger partial charge in [-0.2, -0.15) is 4.99 Å². The summed E-state index contributed by atoms with van der Waals surface area (Å²) in [6.07, 6.45) is 8.96. The lowest BCUT2D eigenvalue weighted by molar-refractivity contribution is -0.113. The molecule has 0 aliphatic carbocycles. The van der Waals surface area contributed by atoms with Crippen LogP contribution in [0.1, 0.15) is 11.8 Å². The van der Waals surface area contributed by atoms with Gasteiger partial charge in [0.25, 0.3) is 5.91 Å². The number of nitrogens with zero attached hydrogens (tertiary/aromatic N) is 2. The van der Waals surface area contributed by atoms with Gasteiger partial charge in [0, 0.05) is 7.05 Å². The van der Waals surface area contributed by atoms with Gasteiger partial charge in [0.2, 0.25) is 5.88 Å². The molecule has 0 fully saturated rings. The van der Waals surface area contributed by atoms with Gasteiger partial charge in [-0.1, -0.05) is 59.6 Å². The molecule has 0 spiro atoms. The zero-order chi connectivity index (χ0) is 16.3. The highest BCUT2D eigenvalue weighted by Gasteiger charge is 2.26. The van der Waals surface area contributed by atoms with Crippen molar-refractivity contribution in [3.05, 3.63) is 56.3 Å². The van der Waals surface area contributed by atoms with Crippen molar-refractivity contribution in [1.82, 2.24) is 4.57 Å². The first kappa shape index (κ1) is 16.7. The Morgan fingerprint density at radius 2 is 2.18 bits per heavy atom. The van der Waals surface area contributed by atoms with E-state index in [1.807, 2.05) is 19.1 Å². The molecule has 7 heteroatoms. The molecule has 1 N–H and O–H groups in total. The van der Waals surface area contributed by atoms with Crippen molar-refractivity contribution in [2.75, 3.05) is 0 Å². The molecule has 0 unspecified atom stereocenters. The van der Waals surface area contributed by atoms with E-state index < -0.39 is 0 Å². The molecule has 0 radical (unpaired) electrons. The van der Waals surface area contributed by atoms with Crippen molar-refractivity contribution in [3.8, 4) is 5.88 Å². The summed E-state index contributed by atoms with van der Waals surface area (Å²) in [6, 6.07) is 0. The average molecular weight is 350 g/mol. The van der Waals surface area contributed by atoms with Crippen LogP contribution in [-0.2, 0) is 11.8 Å². The molecule has 22 heavy (non-hydrogen) atoms. The number of allylic oxidation sites excluding steroid dienone is 6. The normalized spacial score (nSPS) is 17.5. The number of hydrogen-bond acceptors (Lipinski definition) is 5. The maximum Gasteiger partial charge on any atom is 0.284 e. The van der Waals surface area contributed by atoms with Crippen molar-refractivity contribution in [1.29, 1.82) is 0 Å². The summed E-state index contributed by atoms with van der Waals surface area (Å²) >= 11 is 7.58. The second kappa shape index (κ2) is 7.04. The van der Waals surface area contributed by atoms with Crippen LogP contribution in [0.5, 0.6) is 5.88 Å². The molecule has 1 amide bonds. The first-order valence-corrected chi connectivity index (χ1v) is 8.36. The van der Waals surface area contributed by atoms with E-state index in [-0.39, 0.29) is 11.8 Å². The molecule has 4 nitrogen and oxygen atoms in total. The van der Waals surface area contributed by atoms with Gasteiger partial charge in [0.15, 0.2) is 3.95 Å². The van der Waals surface area contributed by atoms with E-state index in [1.54, 1.807) is 25.3 Å². The molecule has 1 aliphatic heterocycles. The van der Waals surface area contributed by atoms with Crippen LogP contribution in [0.15, 0.2) is 52.4 Å². The van der Waals surface area contributed by atoms with Gasteiger partial charge in [-0.15, -0.1) is 0 Å². The molecule has 2 heterocycles. The van der Waals surface area contributed by atoms with Crippen molar-refractivity contribution < 1.29 is 9.90 Å². The molecule has 0 saturated carbocycles. The summed E-state index contributed by atoms with van der Waals surface area (Å²) in [4.78, 5) is 16.9. The Hall–Kier alpha value is -1.70. The van der Waals surface area contributed by atoms with Crippen molar-refractivity contribution in [2.45, 2.75) is 6.92 Å². The minimum Gasteiger partial charge on any atom is -0.493 e. The van der Waals surface area contributed by atoms with Gasteiger partial charge in [0.1, 0.15) is 9.92 Å². The molecule has 1 aliphatic rings. The van der Waals surface area contributed by atoms with Crippen LogP contribution in [0, 0.1) is 3.95 Å². The third kappa shape index (κ3) is 3.55. The lowest BCUT2D eigenvalue weighted by Gasteiger charge is -1.96. The maximum absolute atomic E-state index is 11.9. The standard InChI is InChI=1S/C15H14N2O2S3/c1-4-9(2)7-5-6-8-10-12(18)16-13(21-10)11-14(19)17(3)15(20)22-11/h4-8,19H,1H2,2-3H3/b6-5+,9-7-,10-8-. The number of thioether (sulfide) groups is 1. The maximum atomic E-state index is 11.9. The molecule has 2 rings (SSSR count). The van der Waals surface area contributed by atoms with E-state index in [1.165, 1.54) is 27.7 Å². The lowest BCUT2D eigenvalue weighted by Crippen LogP contribution is -1.91. The van der Waals surface area contributed by atoms with E-state index in [4.69, 9.17) is 12.2 Å². The summed E-state index contributed by atoms with van der Waals surface area (Å²) in [6.45, 7) is 5.60. The van der Waals surface area contributed by atoms with Gasteiger partial charge < -0.3 is 5.11 Å². The number of carbonyl (C=O) groups is 1.